The third-order valence-corrected chi connectivity index (χ3v) is 4.86. The molecular formula is C20H22N4O2. The van der Waals surface area contributed by atoms with Crippen LogP contribution in [0.2, 0.25) is 0 Å². The van der Waals surface area contributed by atoms with E-state index in [9.17, 15) is 4.79 Å². The molecule has 3 aromatic rings. The van der Waals surface area contributed by atoms with Crippen molar-refractivity contribution < 1.29 is 9.21 Å². The summed E-state index contributed by atoms with van der Waals surface area (Å²) in [4.78, 5) is 21.3. The van der Waals surface area contributed by atoms with Crippen molar-refractivity contribution in [2.45, 2.75) is 6.54 Å². The number of furan rings is 1. The number of piperazine rings is 1. The number of amides is 1. The van der Waals surface area contributed by atoms with Crippen molar-refractivity contribution in [2.24, 2.45) is 7.05 Å². The minimum atomic E-state index is 0.0313. The van der Waals surface area contributed by atoms with Gasteiger partial charge in [0.1, 0.15) is 11.6 Å². The molecule has 26 heavy (non-hydrogen) atoms. The molecule has 134 valence electrons. The number of carbonyl (C=O) groups is 1. The maximum Gasteiger partial charge on any atom is 0.246 e. The lowest BCUT2D eigenvalue weighted by Gasteiger charge is -2.33. The highest BCUT2D eigenvalue weighted by Crippen LogP contribution is 2.16. The molecule has 0 bridgehead atoms. The largest absolute Gasteiger partial charge is 0.465 e. The molecule has 1 amide bonds. The Hall–Kier alpha value is -2.86. The monoisotopic (exact) mass is 350 g/mol. The normalized spacial score (nSPS) is 16.0. The summed E-state index contributed by atoms with van der Waals surface area (Å²) in [5.74, 6) is 1.78. The molecule has 0 unspecified atom stereocenters. The van der Waals surface area contributed by atoms with Crippen LogP contribution in [0.4, 0.5) is 0 Å². The fourth-order valence-electron chi connectivity index (χ4n) is 3.31. The van der Waals surface area contributed by atoms with E-state index < -0.39 is 0 Å². The van der Waals surface area contributed by atoms with Gasteiger partial charge in [-0.05, 0) is 30.3 Å². The van der Waals surface area contributed by atoms with Crippen LogP contribution >= 0.6 is 0 Å². The van der Waals surface area contributed by atoms with E-state index in [0.717, 1.165) is 49.6 Å². The second-order valence-corrected chi connectivity index (χ2v) is 6.53. The molecule has 0 radical (unpaired) electrons. The zero-order valence-electron chi connectivity index (χ0n) is 14.8. The number of fused-ring (bicyclic) bond motifs is 1. The van der Waals surface area contributed by atoms with Crippen molar-refractivity contribution in [3.63, 3.8) is 0 Å². The highest BCUT2D eigenvalue weighted by Gasteiger charge is 2.21. The highest BCUT2D eigenvalue weighted by molar-refractivity contribution is 5.91. The van der Waals surface area contributed by atoms with Crippen molar-refractivity contribution in [3.05, 3.63) is 60.3 Å². The second-order valence-electron chi connectivity index (χ2n) is 6.53. The number of nitrogens with zero attached hydrogens (tertiary/aromatic N) is 4. The van der Waals surface area contributed by atoms with Gasteiger partial charge < -0.3 is 13.9 Å². The summed E-state index contributed by atoms with van der Waals surface area (Å²) in [6, 6.07) is 11.8. The van der Waals surface area contributed by atoms with Crippen LogP contribution in [0.3, 0.4) is 0 Å². The van der Waals surface area contributed by atoms with Crippen molar-refractivity contribution in [1.82, 2.24) is 19.4 Å². The number of aryl methyl sites for hydroxylation is 1. The second kappa shape index (κ2) is 7.17. The van der Waals surface area contributed by atoms with Gasteiger partial charge in [0.15, 0.2) is 0 Å². The summed E-state index contributed by atoms with van der Waals surface area (Å²) in [6.45, 7) is 3.96. The lowest BCUT2D eigenvalue weighted by atomic mass is 10.3. The summed E-state index contributed by atoms with van der Waals surface area (Å²) in [5.41, 5.74) is 2.18. The van der Waals surface area contributed by atoms with Crippen LogP contribution in [-0.4, -0.2) is 51.4 Å². The minimum absolute atomic E-state index is 0.0313. The van der Waals surface area contributed by atoms with Gasteiger partial charge in [0.2, 0.25) is 5.91 Å². The van der Waals surface area contributed by atoms with Crippen LogP contribution in [0.1, 0.15) is 11.6 Å². The fraction of sp³-hybridized carbons (Fsp3) is 0.300. The molecule has 1 saturated heterocycles. The molecule has 0 spiro atoms. The molecule has 1 aliphatic rings. The standard InChI is InChI=1S/C20H22N4O2/c1-22-18-7-3-2-6-17(18)21-19(22)15-23-10-12-24(13-11-23)20(25)9-8-16-5-4-14-26-16/h2-9,14H,10-13,15H2,1H3/b9-8+. The van der Waals surface area contributed by atoms with Crippen LogP contribution < -0.4 is 0 Å². The predicted octanol–water partition coefficient (Wildman–Crippen LogP) is 2.52. The number of imidazole rings is 1. The topological polar surface area (TPSA) is 54.5 Å². The molecule has 1 fully saturated rings. The van der Waals surface area contributed by atoms with Crippen LogP contribution in [0.15, 0.2) is 53.2 Å². The lowest BCUT2D eigenvalue weighted by molar-refractivity contribution is -0.127. The van der Waals surface area contributed by atoms with E-state index in [2.05, 4.69) is 22.6 Å². The van der Waals surface area contributed by atoms with Crippen LogP contribution in [0.5, 0.6) is 0 Å². The van der Waals surface area contributed by atoms with E-state index in [1.54, 1.807) is 18.4 Å². The third kappa shape index (κ3) is 3.41. The van der Waals surface area contributed by atoms with E-state index in [1.165, 1.54) is 0 Å². The SMILES string of the molecule is Cn1c(CN2CCN(C(=O)/C=C/c3ccco3)CC2)nc2ccccc21. The van der Waals surface area contributed by atoms with Gasteiger partial charge in [0, 0.05) is 39.3 Å². The average Bonchev–Trinajstić information content (AvgIpc) is 3.29. The van der Waals surface area contributed by atoms with Crippen molar-refractivity contribution in [1.29, 1.82) is 0 Å². The molecular weight excluding hydrogens is 328 g/mol. The van der Waals surface area contributed by atoms with Crippen molar-refractivity contribution in [3.8, 4) is 0 Å². The number of rotatable bonds is 4. The molecule has 2 aromatic heterocycles. The third-order valence-electron chi connectivity index (χ3n) is 4.86. The van der Waals surface area contributed by atoms with Crippen LogP contribution in [0.25, 0.3) is 17.1 Å². The molecule has 0 saturated carbocycles. The molecule has 3 heterocycles. The number of hydrogen-bond donors (Lipinski definition) is 0. The van der Waals surface area contributed by atoms with E-state index in [-0.39, 0.29) is 5.91 Å². The first-order chi connectivity index (χ1) is 12.7. The lowest BCUT2D eigenvalue weighted by Crippen LogP contribution is -2.48. The molecule has 0 N–H and O–H groups in total. The smallest absolute Gasteiger partial charge is 0.246 e. The van der Waals surface area contributed by atoms with Crippen molar-refractivity contribution >= 4 is 23.0 Å². The Bertz CT molecular complexity index is 919. The number of para-hydroxylation sites is 2. The summed E-state index contributed by atoms with van der Waals surface area (Å²) in [7, 11) is 2.06. The first-order valence-corrected chi connectivity index (χ1v) is 8.84. The minimum Gasteiger partial charge on any atom is -0.465 e. The summed E-state index contributed by atoms with van der Waals surface area (Å²) < 4.78 is 7.37. The van der Waals surface area contributed by atoms with E-state index >= 15 is 0 Å². The van der Waals surface area contributed by atoms with Gasteiger partial charge in [0.25, 0.3) is 0 Å². The zero-order valence-corrected chi connectivity index (χ0v) is 14.8. The molecule has 1 aromatic carbocycles. The molecule has 6 nitrogen and oxygen atoms in total. The number of carbonyl (C=O) groups excluding carboxylic acids is 1. The summed E-state index contributed by atoms with van der Waals surface area (Å²) in [6.07, 6.45) is 4.90. The van der Waals surface area contributed by atoms with Gasteiger partial charge in [-0.1, -0.05) is 12.1 Å². The Morgan fingerprint density at radius 1 is 1.15 bits per heavy atom. The first kappa shape index (κ1) is 16.6. The maximum atomic E-state index is 12.3. The Morgan fingerprint density at radius 3 is 2.69 bits per heavy atom. The Kier molecular flexibility index (Phi) is 4.58. The van der Waals surface area contributed by atoms with Crippen LogP contribution in [0, 0.1) is 0 Å². The first-order valence-electron chi connectivity index (χ1n) is 8.84. The molecule has 0 atom stereocenters. The highest BCUT2D eigenvalue weighted by atomic mass is 16.3. The fourth-order valence-corrected chi connectivity index (χ4v) is 3.31. The zero-order chi connectivity index (χ0) is 17.9. The Labute approximate surface area is 152 Å². The summed E-state index contributed by atoms with van der Waals surface area (Å²) in [5, 5.41) is 0. The number of aromatic nitrogens is 2. The number of benzene rings is 1. The van der Waals surface area contributed by atoms with Gasteiger partial charge in [0.05, 0.1) is 23.8 Å². The Morgan fingerprint density at radius 2 is 1.96 bits per heavy atom. The van der Waals surface area contributed by atoms with E-state index in [4.69, 9.17) is 9.40 Å². The Balaban J connectivity index is 1.34. The summed E-state index contributed by atoms with van der Waals surface area (Å²) >= 11 is 0. The maximum absolute atomic E-state index is 12.3. The van der Waals surface area contributed by atoms with Crippen LogP contribution in [-0.2, 0) is 18.4 Å². The quantitative estimate of drug-likeness (QED) is 0.679. The van der Waals surface area contributed by atoms with E-state index in [0.29, 0.717) is 5.76 Å². The van der Waals surface area contributed by atoms with Gasteiger partial charge >= 0.3 is 0 Å². The van der Waals surface area contributed by atoms with E-state index in [1.807, 2.05) is 35.2 Å². The number of hydrogen-bond acceptors (Lipinski definition) is 4. The van der Waals surface area contributed by atoms with Gasteiger partial charge in [-0.15, -0.1) is 0 Å². The molecule has 6 heteroatoms. The average molecular weight is 350 g/mol. The predicted molar refractivity (Wildman–Crippen MR) is 100 cm³/mol. The van der Waals surface area contributed by atoms with Gasteiger partial charge in [-0.25, -0.2) is 4.98 Å². The molecule has 1 aliphatic heterocycles. The molecule has 4 rings (SSSR count). The van der Waals surface area contributed by atoms with Gasteiger partial charge in [-0.2, -0.15) is 0 Å². The molecule has 0 aliphatic carbocycles. The van der Waals surface area contributed by atoms with Gasteiger partial charge in [-0.3, -0.25) is 9.69 Å². The van der Waals surface area contributed by atoms with Crippen molar-refractivity contribution in [2.75, 3.05) is 26.2 Å².